The molecule has 1 heterocycles. The fourth-order valence-electron chi connectivity index (χ4n) is 6.83. The summed E-state index contributed by atoms with van der Waals surface area (Å²) in [4.78, 5) is 0. The highest BCUT2D eigenvalue weighted by Crippen LogP contribution is 2.44. The Labute approximate surface area is 260 Å². The van der Waals surface area contributed by atoms with Crippen LogP contribution in [0.1, 0.15) is 54.0 Å². The highest BCUT2D eigenvalue weighted by atomic mass is 32.1. The molecule has 1 aliphatic carbocycles. The Morgan fingerprint density at radius 2 is 1.21 bits per heavy atom. The lowest BCUT2D eigenvalue weighted by atomic mass is 9.90. The summed E-state index contributed by atoms with van der Waals surface area (Å²) in [6.07, 6.45) is 8.27. The Morgan fingerprint density at radius 1 is 0.581 bits per heavy atom. The molecule has 0 atom stereocenters. The van der Waals surface area contributed by atoms with Crippen molar-refractivity contribution in [2.45, 2.75) is 53.9 Å². The second-order valence-corrected chi connectivity index (χ2v) is 13.5. The fourth-order valence-corrected chi connectivity index (χ4v) is 8.03. The fraction of sp³-hybridized carbons (Fsp3) is 0.190. The van der Waals surface area contributed by atoms with E-state index in [9.17, 15) is 0 Å². The number of aryl methyl sites for hydroxylation is 4. The molecule has 6 aromatic rings. The van der Waals surface area contributed by atoms with Crippen LogP contribution in [-0.4, -0.2) is 0 Å². The summed E-state index contributed by atoms with van der Waals surface area (Å²) >= 11 is 1.92. The molecule has 0 N–H and O–H groups in total. The van der Waals surface area contributed by atoms with E-state index in [1.165, 1.54) is 93.4 Å². The molecule has 212 valence electrons. The largest absolute Gasteiger partial charge is 0.135 e. The Morgan fingerprint density at radius 3 is 1.91 bits per heavy atom. The molecule has 1 aliphatic rings. The van der Waals surface area contributed by atoms with Crippen molar-refractivity contribution in [1.29, 1.82) is 0 Å². The molecule has 0 amide bonds. The summed E-state index contributed by atoms with van der Waals surface area (Å²) in [7, 11) is 0. The van der Waals surface area contributed by atoms with Crippen LogP contribution in [-0.2, 0) is 0 Å². The maximum absolute atomic E-state index is 2.43. The van der Waals surface area contributed by atoms with Gasteiger partial charge in [-0.2, -0.15) is 0 Å². The summed E-state index contributed by atoms with van der Waals surface area (Å²) in [5.41, 5.74) is 17.2. The Hall–Kier alpha value is -4.20. The lowest BCUT2D eigenvalue weighted by Crippen LogP contribution is -1.92. The van der Waals surface area contributed by atoms with E-state index in [0.717, 1.165) is 12.8 Å². The first-order chi connectivity index (χ1) is 20.8. The number of benzene rings is 5. The maximum atomic E-state index is 2.43. The molecule has 0 spiro atoms. The molecule has 1 heteroatoms. The average Bonchev–Trinajstić information content (AvgIpc) is 3.37. The number of thiophene rings is 1. The second kappa shape index (κ2) is 11.1. The Bertz CT molecular complexity index is 2060. The molecule has 5 aromatic carbocycles. The minimum atomic E-state index is 1.13. The quantitative estimate of drug-likeness (QED) is 0.192. The van der Waals surface area contributed by atoms with Crippen molar-refractivity contribution in [2.75, 3.05) is 0 Å². The summed E-state index contributed by atoms with van der Waals surface area (Å²) in [5.74, 6) is 0. The minimum absolute atomic E-state index is 1.13. The van der Waals surface area contributed by atoms with Crippen LogP contribution in [0.25, 0.3) is 59.1 Å². The lowest BCUT2D eigenvalue weighted by Gasteiger charge is -2.15. The molecule has 0 aliphatic heterocycles. The number of hydrogen-bond acceptors (Lipinski definition) is 1. The smallest absolute Gasteiger partial charge is 0.0434 e. The molecule has 0 unspecified atom stereocenters. The average molecular weight is 575 g/mol. The van der Waals surface area contributed by atoms with Crippen LogP contribution in [0.15, 0.2) is 109 Å². The van der Waals surface area contributed by atoms with Crippen molar-refractivity contribution < 1.29 is 0 Å². The van der Waals surface area contributed by atoms with Gasteiger partial charge >= 0.3 is 0 Å². The predicted octanol–water partition coefficient (Wildman–Crippen LogP) is 12.8. The maximum Gasteiger partial charge on any atom is 0.0434 e. The first-order valence-corrected chi connectivity index (χ1v) is 16.3. The van der Waals surface area contributed by atoms with Crippen LogP contribution in [0.2, 0.25) is 0 Å². The third kappa shape index (κ3) is 5.39. The lowest BCUT2D eigenvalue weighted by molar-refractivity contribution is 0.898. The zero-order chi connectivity index (χ0) is 29.7. The van der Waals surface area contributed by atoms with Gasteiger partial charge in [0.25, 0.3) is 0 Å². The van der Waals surface area contributed by atoms with Crippen LogP contribution in [0.3, 0.4) is 0 Å². The first kappa shape index (κ1) is 27.6. The van der Waals surface area contributed by atoms with Crippen molar-refractivity contribution in [1.82, 2.24) is 0 Å². The molecule has 0 fully saturated rings. The van der Waals surface area contributed by atoms with E-state index in [4.69, 9.17) is 0 Å². The van der Waals surface area contributed by atoms with Crippen molar-refractivity contribution >= 4 is 37.1 Å². The van der Waals surface area contributed by atoms with Crippen LogP contribution in [0.5, 0.6) is 0 Å². The van der Waals surface area contributed by atoms with E-state index in [1.807, 2.05) is 11.3 Å². The summed E-state index contributed by atoms with van der Waals surface area (Å²) in [6, 6.07) is 34.9. The van der Waals surface area contributed by atoms with Crippen molar-refractivity contribution in [3.05, 3.63) is 137 Å². The third-order valence-electron chi connectivity index (χ3n) is 8.83. The highest BCUT2D eigenvalue weighted by molar-refractivity contribution is 7.26. The van der Waals surface area contributed by atoms with Gasteiger partial charge in [0, 0.05) is 25.7 Å². The monoisotopic (exact) mass is 574 g/mol. The standard InChI is InChI=1S/C42H38S/c1-6-30-9-7-10-31(21-30)32-11-8-12-34(22-32)38-24-37(36-19-28(4)16-29(5)20-36)25-40-39-23-33(13-14-41(39)43-42(38)40)35-17-26(2)15-27(3)18-35/h8,10-25H,6-7,9H2,1-5H3. The highest BCUT2D eigenvalue weighted by Gasteiger charge is 2.16. The normalized spacial score (nSPS) is 13.4. The van der Waals surface area contributed by atoms with Gasteiger partial charge in [-0.15, -0.1) is 11.3 Å². The minimum Gasteiger partial charge on any atom is -0.135 e. The van der Waals surface area contributed by atoms with Gasteiger partial charge in [0.05, 0.1) is 0 Å². The van der Waals surface area contributed by atoms with Crippen LogP contribution >= 0.6 is 11.3 Å². The van der Waals surface area contributed by atoms with Gasteiger partial charge in [-0.1, -0.05) is 108 Å². The molecule has 0 bridgehead atoms. The SMILES string of the molecule is CCC1=CC(c2cccc(-c3cc(-c4cc(C)cc(C)c4)cc4c3sc3ccc(-c5cc(C)cc(C)c5)cc34)c2)=CCC1. The van der Waals surface area contributed by atoms with Gasteiger partial charge in [-0.25, -0.2) is 0 Å². The first-order valence-electron chi connectivity index (χ1n) is 15.5. The van der Waals surface area contributed by atoms with E-state index >= 15 is 0 Å². The predicted molar refractivity (Wildman–Crippen MR) is 190 cm³/mol. The molecule has 43 heavy (non-hydrogen) atoms. The van der Waals surface area contributed by atoms with E-state index in [0.29, 0.717) is 0 Å². The van der Waals surface area contributed by atoms with E-state index in [1.54, 1.807) is 5.57 Å². The number of fused-ring (bicyclic) bond motifs is 3. The molecular formula is C42H38S. The third-order valence-corrected chi connectivity index (χ3v) is 10.1. The van der Waals surface area contributed by atoms with Crippen molar-refractivity contribution in [2.24, 2.45) is 0 Å². The molecule has 7 rings (SSSR count). The van der Waals surface area contributed by atoms with E-state index in [2.05, 4.69) is 138 Å². The van der Waals surface area contributed by atoms with Crippen molar-refractivity contribution in [3.8, 4) is 33.4 Å². The zero-order valence-corrected chi connectivity index (χ0v) is 26.7. The van der Waals surface area contributed by atoms with Crippen LogP contribution < -0.4 is 0 Å². The molecule has 0 radical (unpaired) electrons. The van der Waals surface area contributed by atoms with Gasteiger partial charge < -0.3 is 0 Å². The topological polar surface area (TPSA) is 0 Å². The van der Waals surface area contributed by atoms with Gasteiger partial charge in [-0.3, -0.25) is 0 Å². The molecule has 1 aromatic heterocycles. The van der Waals surface area contributed by atoms with E-state index in [-0.39, 0.29) is 0 Å². The van der Waals surface area contributed by atoms with Gasteiger partial charge in [-0.05, 0) is 116 Å². The molecule has 0 nitrogen and oxygen atoms in total. The summed E-state index contributed by atoms with van der Waals surface area (Å²) in [5, 5.41) is 2.68. The van der Waals surface area contributed by atoms with E-state index < -0.39 is 0 Å². The summed E-state index contributed by atoms with van der Waals surface area (Å²) < 4.78 is 2.70. The number of hydrogen-bond donors (Lipinski definition) is 0. The Balaban J connectivity index is 1.47. The zero-order valence-electron chi connectivity index (χ0n) is 25.8. The van der Waals surface area contributed by atoms with Gasteiger partial charge in [0.1, 0.15) is 0 Å². The number of rotatable bonds is 5. The molecule has 0 saturated heterocycles. The summed E-state index contributed by atoms with van der Waals surface area (Å²) in [6.45, 7) is 11.0. The number of allylic oxidation sites excluding steroid dienone is 4. The van der Waals surface area contributed by atoms with Gasteiger partial charge in [0.15, 0.2) is 0 Å². The second-order valence-electron chi connectivity index (χ2n) is 12.4. The molecule has 0 saturated carbocycles. The van der Waals surface area contributed by atoms with Crippen molar-refractivity contribution in [3.63, 3.8) is 0 Å². The van der Waals surface area contributed by atoms with Crippen LogP contribution in [0, 0.1) is 27.7 Å². The Kier molecular flexibility index (Phi) is 7.15. The van der Waals surface area contributed by atoms with Crippen LogP contribution in [0.4, 0.5) is 0 Å². The molecular weight excluding hydrogens is 537 g/mol. The van der Waals surface area contributed by atoms with Gasteiger partial charge in [0.2, 0.25) is 0 Å².